The smallest absolute Gasteiger partial charge is 0.326 e. The van der Waals surface area contributed by atoms with Gasteiger partial charge in [0.1, 0.15) is 11.7 Å². The van der Waals surface area contributed by atoms with Crippen molar-refractivity contribution in [3.8, 4) is 0 Å². The first kappa shape index (κ1) is 14.7. The topological polar surface area (TPSA) is 108 Å². The van der Waals surface area contributed by atoms with Gasteiger partial charge in [-0.2, -0.15) is 0 Å². The third kappa shape index (κ3) is 4.82. The summed E-state index contributed by atoms with van der Waals surface area (Å²) in [5, 5.41) is 11.3. The molecule has 0 aromatic carbocycles. The van der Waals surface area contributed by atoms with E-state index in [9.17, 15) is 14.4 Å². The summed E-state index contributed by atoms with van der Waals surface area (Å²) < 4.78 is 4.70. The molecule has 7 heteroatoms. The number of rotatable bonds is 7. The van der Waals surface area contributed by atoms with Gasteiger partial charge in [0.15, 0.2) is 0 Å². The maximum absolute atomic E-state index is 11.7. The lowest BCUT2D eigenvalue weighted by Gasteiger charge is -2.13. The van der Waals surface area contributed by atoms with Crippen LogP contribution in [0, 0.1) is 0 Å². The van der Waals surface area contributed by atoms with Crippen molar-refractivity contribution in [1.29, 1.82) is 0 Å². The molecule has 0 aliphatic heterocycles. The van der Waals surface area contributed by atoms with Gasteiger partial charge in [0, 0.05) is 12.6 Å². The van der Waals surface area contributed by atoms with Gasteiger partial charge in [-0.15, -0.1) is 0 Å². The molecule has 1 aromatic heterocycles. The molecular weight excluding hydrogens is 252 g/mol. The van der Waals surface area contributed by atoms with E-state index in [0.29, 0.717) is 0 Å². The highest BCUT2D eigenvalue weighted by Gasteiger charge is 2.22. The maximum atomic E-state index is 11.7. The van der Waals surface area contributed by atoms with Crippen molar-refractivity contribution in [2.45, 2.75) is 25.8 Å². The number of H-pyrrole nitrogens is 1. The van der Waals surface area contributed by atoms with Crippen LogP contribution in [0.1, 0.15) is 30.3 Å². The molecule has 0 unspecified atom stereocenters. The molecule has 0 radical (unpaired) electrons. The summed E-state index contributed by atoms with van der Waals surface area (Å²) in [5.41, 5.74) is 0.266. The van der Waals surface area contributed by atoms with E-state index in [4.69, 9.17) is 9.84 Å². The summed E-state index contributed by atoms with van der Waals surface area (Å²) in [7, 11) is 0. The van der Waals surface area contributed by atoms with Crippen LogP contribution in [0.3, 0.4) is 0 Å². The lowest BCUT2D eigenvalue weighted by Crippen LogP contribution is -2.41. The normalized spacial score (nSPS) is 11.6. The fourth-order valence-electron chi connectivity index (χ4n) is 1.46. The Kier molecular flexibility index (Phi) is 5.59. The molecule has 0 aliphatic carbocycles. The molecule has 1 aromatic rings. The lowest BCUT2D eigenvalue weighted by molar-refractivity contribution is -0.144. The van der Waals surface area contributed by atoms with Crippen LogP contribution in [-0.2, 0) is 14.3 Å². The molecule has 0 aliphatic rings. The summed E-state index contributed by atoms with van der Waals surface area (Å²) in [6.07, 6.45) is 1.49. The Hall–Kier alpha value is -2.31. The van der Waals surface area contributed by atoms with E-state index < -0.39 is 23.9 Å². The standard InChI is InChI=1S/C12H16N2O5/c1-2-19-10(15)6-5-9(12(17)18)14-11(16)8-4-3-7-13-8/h3-4,7,9,13H,2,5-6H2,1H3,(H,14,16)(H,17,18)/t9-/m0/s1. The van der Waals surface area contributed by atoms with Gasteiger partial charge in [-0.3, -0.25) is 9.59 Å². The van der Waals surface area contributed by atoms with Crippen LogP contribution in [0.25, 0.3) is 0 Å². The molecule has 3 N–H and O–H groups in total. The van der Waals surface area contributed by atoms with Gasteiger partial charge >= 0.3 is 11.9 Å². The fraction of sp³-hybridized carbons (Fsp3) is 0.417. The Morgan fingerprint density at radius 1 is 1.47 bits per heavy atom. The van der Waals surface area contributed by atoms with Crippen LogP contribution < -0.4 is 5.32 Å². The SMILES string of the molecule is CCOC(=O)CC[C@H](NC(=O)c1ccc[nH]1)C(=O)O. The minimum absolute atomic E-state index is 0.0133. The number of aromatic nitrogens is 1. The molecule has 1 heterocycles. The first-order chi connectivity index (χ1) is 9.04. The van der Waals surface area contributed by atoms with Crippen molar-refractivity contribution in [2.24, 2.45) is 0 Å². The van der Waals surface area contributed by atoms with E-state index in [-0.39, 0.29) is 25.1 Å². The van der Waals surface area contributed by atoms with Gasteiger partial charge in [0.05, 0.1) is 6.61 Å². The number of aromatic amines is 1. The number of aliphatic carboxylic acids is 1. The van der Waals surface area contributed by atoms with Crippen molar-refractivity contribution < 1.29 is 24.2 Å². The Balaban J connectivity index is 2.51. The number of carbonyl (C=O) groups is 3. The third-order valence-electron chi connectivity index (χ3n) is 2.39. The second-order valence-electron chi connectivity index (χ2n) is 3.79. The van der Waals surface area contributed by atoms with Crippen molar-refractivity contribution in [1.82, 2.24) is 10.3 Å². The van der Waals surface area contributed by atoms with Crippen molar-refractivity contribution in [2.75, 3.05) is 6.61 Å². The van der Waals surface area contributed by atoms with Gasteiger partial charge in [-0.05, 0) is 25.5 Å². The van der Waals surface area contributed by atoms with Crippen molar-refractivity contribution >= 4 is 17.8 Å². The highest BCUT2D eigenvalue weighted by Crippen LogP contribution is 2.02. The second kappa shape index (κ2) is 7.20. The van der Waals surface area contributed by atoms with Crippen LogP contribution >= 0.6 is 0 Å². The summed E-state index contributed by atoms with van der Waals surface area (Å²) in [5.74, 6) is -2.20. The van der Waals surface area contributed by atoms with Gasteiger partial charge < -0.3 is 20.1 Å². The van der Waals surface area contributed by atoms with E-state index in [1.165, 1.54) is 6.07 Å². The Bertz CT molecular complexity index is 441. The number of esters is 1. The maximum Gasteiger partial charge on any atom is 0.326 e. The highest BCUT2D eigenvalue weighted by molar-refractivity contribution is 5.95. The van der Waals surface area contributed by atoms with Gasteiger partial charge in [-0.25, -0.2) is 4.79 Å². The number of amides is 1. The molecule has 1 amide bonds. The average Bonchev–Trinajstić information content (AvgIpc) is 2.88. The molecular formula is C12H16N2O5. The predicted molar refractivity (Wildman–Crippen MR) is 65.5 cm³/mol. The zero-order valence-corrected chi connectivity index (χ0v) is 10.5. The fourth-order valence-corrected chi connectivity index (χ4v) is 1.46. The lowest BCUT2D eigenvalue weighted by atomic mass is 10.1. The number of hydrogen-bond acceptors (Lipinski definition) is 4. The minimum atomic E-state index is -1.19. The summed E-state index contributed by atoms with van der Waals surface area (Å²) >= 11 is 0. The Morgan fingerprint density at radius 3 is 2.74 bits per heavy atom. The van der Waals surface area contributed by atoms with Gasteiger partial charge in [0.2, 0.25) is 0 Å². The number of nitrogens with one attached hydrogen (secondary N) is 2. The van der Waals surface area contributed by atoms with Crippen LogP contribution in [0.15, 0.2) is 18.3 Å². The van der Waals surface area contributed by atoms with Crippen LogP contribution in [-0.4, -0.2) is 40.6 Å². The van der Waals surface area contributed by atoms with E-state index in [1.807, 2.05) is 0 Å². The molecule has 0 bridgehead atoms. The summed E-state index contributed by atoms with van der Waals surface area (Å²) in [6.45, 7) is 1.91. The van der Waals surface area contributed by atoms with E-state index >= 15 is 0 Å². The number of carbonyl (C=O) groups excluding carboxylic acids is 2. The third-order valence-corrected chi connectivity index (χ3v) is 2.39. The highest BCUT2D eigenvalue weighted by atomic mass is 16.5. The first-order valence-electron chi connectivity index (χ1n) is 5.87. The van der Waals surface area contributed by atoms with Gasteiger partial charge in [0.25, 0.3) is 5.91 Å². The predicted octanol–water partition coefficient (Wildman–Crippen LogP) is 0.541. The summed E-state index contributed by atoms with van der Waals surface area (Å²) in [6, 6.07) is 2.03. The molecule has 0 spiro atoms. The Labute approximate surface area is 110 Å². The Morgan fingerprint density at radius 2 is 2.21 bits per heavy atom. The molecule has 7 nitrogen and oxygen atoms in total. The molecule has 0 saturated carbocycles. The van der Waals surface area contributed by atoms with Gasteiger partial charge in [-0.1, -0.05) is 0 Å². The van der Waals surface area contributed by atoms with Crippen LogP contribution in [0.4, 0.5) is 0 Å². The number of ether oxygens (including phenoxy) is 1. The first-order valence-corrected chi connectivity index (χ1v) is 5.87. The second-order valence-corrected chi connectivity index (χ2v) is 3.79. The molecule has 1 rings (SSSR count). The van der Waals surface area contributed by atoms with E-state index in [2.05, 4.69) is 10.3 Å². The van der Waals surface area contributed by atoms with Crippen molar-refractivity contribution in [3.05, 3.63) is 24.0 Å². The monoisotopic (exact) mass is 268 g/mol. The number of carboxylic acids is 1. The largest absolute Gasteiger partial charge is 0.480 e. The number of hydrogen-bond donors (Lipinski definition) is 3. The number of carboxylic acid groups (broad SMARTS) is 1. The molecule has 0 fully saturated rings. The van der Waals surface area contributed by atoms with Crippen LogP contribution in [0.5, 0.6) is 0 Å². The zero-order chi connectivity index (χ0) is 14.3. The van der Waals surface area contributed by atoms with Crippen LogP contribution in [0.2, 0.25) is 0 Å². The molecule has 1 atom stereocenters. The summed E-state index contributed by atoms with van der Waals surface area (Å²) in [4.78, 5) is 36.5. The average molecular weight is 268 g/mol. The zero-order valence-electron chi connectivity index (χ0n) is 10.5. The van der Waals surface area contributed by atoms with E-state index in [0.717, 1.165) is 0 Å². The van der Waals surface area contributed by atoms with E-state index in [1.54, 1.807) is 19.2 Å². The minimum Gasteiger partial charge on any atom is -0.480 e. The molecule has 19 heavy (non-hydrogen) atoms. The molecule has 0 saturated heterocycles. The molecule has 104 valence electrons. The van der Waals surface area contributed by atoms with Crippen molar-refractivity contribution in [3.63, 3.8) is 0 Å². The quantitative estimate of drug-likeness (QED) is 0.625.